The van der Waals surface area contributed by atoms with Crippen LogP contribution in [0.4, 0.5) is 5.69 Å². The lowest BCUT2D eigenvalue weighted by molar-refractivity contribution is 0.601. The lowest BCUT2D eigenvalue weighted by Gasteiger charge is -2.09. The second kappa shape index (κ2) is 5.42. The summed E-state index contributed by atoms with van der Waals surface area (Å²) in [4.78, 5) is 0.219. The summed E-state index contributed by atoms with van der Waals surface area (Å²) in [5, 5.41) is 0. The zero-order valence-corrected chi connectivity index (χ0v) is 11.4. The summed E-state index contributed by atoms with van der Waals surface area (Å²) in [6.07, 6.45) is 0. The molecule has 0 aliphatic carbocycles. The summed E-state index contributed by atoms with van der Waals surface area (Å²) in [5.41, 5.74) is 7.85. The molecule has 0 radical (unpaired) electrons. The molecule has 0 bridgehead atoms. The van der Waals surface area contributed by atoms with Gasteiger partial charge in [-0.15, -0.1) is 0 Å². The van der Waals surface area contributed by atoms with Crippen molar-refractivity contribution < 1.29 is 8.42 Å². The highest BCUT2D eigenvalue weighted by atomic mass is 32.2. The molecule has 2 aromatic carbocycles. The van der Waals surface area contributed by atoms with E-state index >= 15 is 0 Å². The fraction of sp³-hybridized carbons (Fsp3) is 0.143. The van der Waals surface area contributed by atoms with Gasteiger partial charge in [-0.2, -0.15) is 0 Å². The second-order valence-corrected chi connectivity index (χ2v) is 6.01. The molecular formula is C14H16N2O2S. The Morgan fingerprint density at radius 3 is 2.53 bits per heavy atom. The first-order chi connectivity index (χ1) is 9.01. The summed E-state index contributed by atoms with van der Waals surface area (Å²) in [6, 6.07) is 13.8. The van der Waals surface area contributed by atoms with Crippen LogP contribution < -0.4 is 10.5 Å². The van der Waals surface area contributed by atoms with E-state index in [0.29, 0.717) is 12.2 Å². The number of nitrogens with two attached hydrogens (primary N) is 1. The molecule has 100 valence electrons. The SMILES string of the molecule is Cc1cccc(NS(=O)(=O)c2cccc(CN)c2)c1. The van der Waals surface area contributed by atoms with E-state index in [1.807, 2.05) is 19.1 Å². The Balaban J connectivity index is 2.32. The molecule has 19 heavy (non-hydrogen) atoms. The van der Waals surface area contributed by atoms with E-state index in [1.165, 1.54) is 0 Å². The molecule has 4 nitrogen and oxygen atoms in total. The Labute approximate surface area is 113 Å². The van der Waals surface area contributed by atoms with Gasteiger partial charge in [0, 0.05) is 12.2 Å². The third-order valence-corrected chi connectivity index (χ3v) is 4.09. The van der Waals surface area contributed by atoms with Crippen molar-refractivity contribution in [2.24, 2.45) is 5.73 Å². The molecule has 0 saturated carbocycles. The molecule has 2 rings (SSSR count). The fourth-order valence-corrected chi connectivity index (χ4v) is 2.88. The van der Waals surface area contributed by atoms with Crippen molar-refractivity contribution in [3.63, 3.8) is 0 Å². The molecule has 0 aliphatic rings. The van der Waals surface area contributed by atoms with Gasteiger partial charge in [0.2, 0.25) is 0 Å². The van der Waals surface area contributed by atoms with Gasteiger partial charge in [-0.05, 0) is 42.3 Å². The predicted octanol–water partition coefficient (Wildman–Crippen LogP) is 2.25. The minimum absolute atomic E-state index is 0.219. The molecule has 0 unspecified atom stereocenters. The Morgan fingerprint density at radius 2 is 1.84 bits per heavy atom. The number of hydrogen-bond acceptors (Lipinski definition) is 3. The maximum Gasteiger partial charge on any atom is 0.261 e. The highest BCUT2D eigenvalue weighted by Crippen LogP contribution is 2.17. The Hall–Kier alpha value is -1.85. The van der Waals surface area contributed by atoms with Gasteiger partial charge in [0.25, 0.3) is 10.0 Å². The van der Waals surface area contributed by atoms with Gasteiger partial charge in [-0.25, -0.2) is 8.42 Å². The topological polar surface area (TPSA) is 72.2 Å². The number of hydrogen-bond donors (Lipinski definition) is 2. The van der Waals surface area contributed by atoms with Gasteiger partial charge in [-0.1, -0.05) is 24.3 Å². The first-order valence-corrected chi connectivity index (χ1v) is 7.38. The van der Waals surface area contributed by atoms with Gasteiger partial charge in [-0.3, -0.25) is 4.72 Å². The van der Waals surface area contributed by atoms with Crippen LogP contribution in [0.5, 0.6) is 0 Å². The van der Waals surface area contributed by atoms with Gasteiger partial charge in [0.05, 0.1) is 4.90 Å². The van der Waals surface area contributed by atoms with Crippen LogP contribution in [0, 0.1) is 6.92 Å². The molecule has 0 saturated heterocycles. The molecule has 2 aromatic rings. The first kappa shape index (κ1) is 13.6. The normalized spacial score (nSPS) is 11.3. The summed E-state index contributed by atoms with van der Waals surface area (Å²) in [7, 11) is -3.57. The van der Waals surface area contributed by atoms with Crippen molar-refractivity contribution in [2.75, 3.05) is 4.72 Å². The van der Waals surface area contributed by atoms with E-state index in [9.17, 15) is 8.42 Å². The van der Waals surface area contributed by atoms with Crippen LogP contribution in [0.3, 0.4) is 0 Å². The molecule has 0 aromatic heterocycles. The molecule has 0 spiro atoms. The largest absolute Gasteiger partial charge is 0.326 e. The van der Waals surface area contributed by atoms with Gasteiger partial charge in [0.1, 0.15) is 0 Å². The lowest BCUT2D eigenvalue weighted by Crippen LogP contribution is -2.13. The highest BCUT2D eigenvalue weighted by Gasteiger charge is 2.14. The van der Waals surface area contributed by atoms with E-state index in [2.05, 4.69) is 4.72 Å². The zero-order chi connectivity index (χ0) is 13.9. The van der Waals surface area contributed by atoms with Gasteiger partial charge < -0.3 is 5.73 Å². The average Bonchev–Trinajstić information content (AvgIpc) is 2.38. The molecule has 0 fully saturated rings. The van der Waals surface area contributed by atoms with Gasteiger partial charge in [0.15, 0.2) is 0 Å². The Kier molecular flexibility index (Phi) is 3.87. The van der Waals surface area contributed by atoms with Crippen LogP contribution in [0.1, 0.15) is 11.1 Å². The van der Waals surface area contributed by atoms with Crippen LogP contribution in [0.25, 0.3) is 0 Å². The minimum Gasteiger partial charge on any atom is -0.326 e. The summed E-state index contributed by atoms with van der Waals surface area (Å²) in [6.45, 7) is 2.22. The molecule has 0 atom stereocenters. The number of benzene rings is 2. The van der Waals surface area contributed by atoms with E-state index in [1.54, 1.807) is 36.4 Å². The van der Waals surface area contributed by atoms with E-state index in [-0.39, 0.29) is 4.90 Å². The number of sulfonamides is 1. The van der Waals surface area contributed by atoms with Crippen molar-refractivity contribution in [1.29, 1.82) is 0 Å². The van der Waals surface area contributed by atoms with Crippen LogP contribution in [-0.2, 0) is 16.6 Å². The zero-order valence-electron chi connectivity index (χ0n) is 10.6. The molecular weight excluding hydrogens is 260 g/mol. The quantitative estimate of drug-likeness (QED) is 0.899. The Bertz CT molecular complexity index is 681. The van der Waals surface area contributed by atoms with E-state index < -0.39 is 10.0 Å². The third-order valence-electron chi connectivity index (χ3n) is 2.71. The van der Waals surface area contributed by atoms with E-state index in [4.69, 9.17) is 5.73 Å². The monoisotopic (exact) mass is 276 g/mol. The second-order valence-electron chi connectivity index (χ2n) is 4.33. The molecule has 0 aliphatic heterocycles. The van der Waals surface area contributed by atoms with Gasteiger partial charge >= 0.3 is 0 Å². The Morgan fingerprint density at radius 1 is 1.11 bits per heavy atom. The fourth-order valence-electron chi connectivity index (χ4n) is 1.76. The average molecular weight is 276 g/mol. The van der Waals surface area contributed by atoms with Crippen molar-refractivity contribution in [3.8, 4) is 0 Å². The number of rotatable bonds is 4. The standard InChI is InChI=1S/C14H16N2O2S/c1-11-4-2-6-13(8-11)16-19(17,18)14-7-3-5-12(9-14)10-15/h2-9,16H,10,15H2,1H3. The highest BCUT2D eigenvalue weighted by molar-refractivity contribution is 7.92. The number of anilines is 1. The van der Waals surface area contributed by atoms with Crippen molar-refractivity contribution in [3.05, 3.63) is 59.7 Å². The number of aryl methyl sites for hydroxylation is 1. The summed E-state index contributed by atoms with van der Waals surface area (Å²) >= 11 is 0. The van der Waals surface area contributed by atoms with Crippen molar-refractivity contribution in [1.82, 2.24) is 0 Å². The van der Waals surface area contributed by atoms with Crippen molar-refractivity contribution >= 4 is 15.7 Å². The third kappa shape index (κ3) is 3.33. The first-order valence-electron chi connectivity index (χ1n) is 5.90. The van der Waals surface area contributed by atoms with Crippen LogP contribution >= 0.6 is 0 Å². The molecule has 0 heterocycles. The van der Waals surface area contributed by atoms with E-state index in [0.717, 1.165) is 11.1 Å². The summed E-state index contributed by atoms with van der Waals surface area (Å²) in [5.74, 6) is 0. The van der Waals surface area contributed by atoms with Crippen molar-refractivity contribution in [2.45, 2.75) is 18.4 Å². The maximum absolute atomic E-state index is 12.2. The molecule has 3 N–H and O–H groups in total. The molecule has 0 amide bonds. The predicted molar refractivity (Wildman–Crippen MR) is 76.3 cm³/mol. The van der Waals surface area contributed by atoms with Crippen LogP contribution in [0.15, 0.2) is 53.4 Å². The van der Waals surface area contributed by atoms with Crippen LogP contribution in [0.2, 0.25) is 0 Å². The smallest absolute Gasteiger partial charge is 0.261 e. The minimum atomic E-state index is -3.57. The maximum atomic E-state index is 12.2. The summed E-state index contributed by atoms with van der Waals surface area (Å²) < 4.78 is 27.0. The molecule has 5 heteroatoms. The number of nitrogens with one attached hydrogen (secondary N) is 1. The lowest BCUT2D eigenvalue weighted by atomic mass is 10.2. The van der Waals surface area contributed by atoms with Crippen LogP contribution in [-0.4, -0.2) is 8.42 Å².